The highest BCUT2D eigenvalue weighted by Gasteiger charge is 2.09. The molecule has 0 atom stereocenters. The third-order valence-electron chi connectivity index (χ3n) is 1.97. The molecule has 6 heteroatoms. The van der Waals surface area contributed by atoms with Crippen LogP contribution in [0.15, 0.2) is 35.1 Å². The number of hydrogen-bond donors (Lipinski definition) is 0. The van der Waals surface area contributed by atoms with E-state index < -0.39 is 0 Å². The van der Waals surface area contributed by atoms with Gasteiger partial charge >= 0.3 is 0 Å². The van der Waals surface area contributed by atoms with Gasteiger partial charge in [0, 0.05) is 6.07 Å². The summed E-state index contributed by atoms with van der Waals surface area (Å²) in [4.78, 5) is 7.80. The second-order valence-corrected chi connectivity index (χ2v) is 4.22. The van der Waals surface area contributed by atoms with Crippen LogP contribution in [0.5, 0.6) is 17.4 Å². The molecule has 4 nitrogen and oxygen atoms in total. The molecule has 0 amide bonds. The standard InChI is InChI=1S/C11H8BrClN2O2/c1-16-7-3-2-4-8(5-7)17-11-9(12)10(13)14-6-15-11/h2-6H,1H3. The number of methoxy groups -OCH3 is 1. The molecule has 1 heterocycles. The lowest BCUT2D eigenvalue weighted by Gasteiger charge is -2.07. The normalized spacial score (nSPS) is 10.1. The summed E-state index contributed by atoms with van der Waals surface area (Å²) in [5.74, 6) is 1.68. The third-order valence-corrected chi connectivity index (χ3v) is 3.20. The summed E-state index contributed by atoms with van der Waals surface area (Å²) in [6.45, 7) is 0. The topological polar surface area (TPSA) is 44.2 Å². The molecule has 17 heavy (non-hydrogen) atoms. The number of ether oxygens (including phenoxy) is 2. The van der Waals surface area contributed by atoms with Gasteiger partial charge in [0.25, 0.3) is 0 Å². The lowest BCUT2D eigenvalue weighted by atomic mass is 10.3. The Morgan fingerprint density at radius 1 is 1.24 bits per heavy atom. The molecule has 0 fully saturated rings. The Morgan fingerprint density at radius 3 is 2.76 bits per heavy atom. The number of hydrogen-bond acceptors (Lipinski definition) is 4. The maximum absolute atomic E-state index is 5.84. The van der Waals surface area contributed by atoms with Crippen LogP contribution in [0.4, 0.5) is 0 Å². The quantitative estimate of drug-likeness (QED) is 0.810. The summed E-state index contributed by atoms with van der Waals surface area (Å²) in [7, 11) is 1.59. The van der Waals surface area contributed by atoms with Crippen LogP contribution in [-0.2, 0) is 0 Å². The summed E-state index contributed by atoms with van der Waals surface area (Å²) in [6.07, 6.45) is 1.34. The van der Waals surface area contributed by atoms with Crippen molar-refractivity contribution < 1.29 is 9.47 Å². The average molecular weight is 316 g/mol. The van der Waals surface area contributed by atoms with Gasteiger partial charge in [0.05, 0.1) is 7.11 Å². The number of nitrogens with zero attached hydrogens (tertiary/aromatic N) is 2. The molecule has 0 spiro atoms. The number of halogens is 2. The largest absolute Gasteiger partial charge is 0.497 e. The third kappa shape index (κ3) is 2.87. The van der Waals surface area contributed by atoms with Gasteiger partial charge in [-0.25, -0.2) is 9.97 Å². The summed E-state index contributed by atoms with van der Waals surface area (Å²) >= 11 is 9.10. The Balaban J connectivity index is 2.28. The van der Waals surface area contributed by atoms with Gasteiger partial charge in [-0.3, -0.25) is 0 Å². The van der Waals surface area contributed by atoms with Crippen molar-refractivity contribution >= 4 is 27.5 Å². The van der Waals surface area contributed by atoms with Crippen molar-refractivity contribution in [3.05, 3.63) is 40.2 Å². The zero-order valence-corrected chi connectivity index (χ0v) is 11.2. The van der Waals surface area contributed by atoms with E-state index in [1.165, 1.54) is 6.33 Å². The fraction of sp³-hybridized carbons (Fsp3) is 0.0909. The van der Waals surface area contributed by atoms with Crippen molar-refractivity contribution in [1.82, 2.24) is 9.97 Å². The highest BCUT2D eigenvalue weighted by Crippen LogP contribution is 2.32. The molecule has 0 saturated carbocycles. The van der Waals surface area contributed by atoms with Crippen molar-refractivity contribution in [2.75, 3.05) is 7.11 Å². The van der Waals surface area contributed by atoms with Crippen LogP contribution in [-0.4, -0.2) is 17.1 Å². The van der Waals surface area contributed by atoms with Crippen LogP contribution in [0.1, 0.15) is 0 Å². The van der Waals surface area contributed by atoms with Crippen molar-refractivity contribution in [2.24, 2.45) is 0 Å². The van der Waals surface area contributed by atoms with Gasteiger partial charge in [-0.1, -0.05) is 17.7 Å². The van der Waals surface area contributed by atoms with Crippen molar-refractivity contribution in [3.8, 4) is 17.4 Å². The van der Waals surface area contributed by atoms with Gasteiger partial charge < -0.3 is 9.47 Å². The van der Waals surface area contributed by atoms with Crippen molar-refractivity contribution in [3.63, 3.8) is 0 Å². The van der Waals surface area contributed by atoms with Crippen LogP contribution in [0.2, 0.25) is 5.15 Å². The molecule has 2 rings (SSSR count). The molecule has 1 aromatic carbocycles. The molecule has 0 bridgehead atoms. The lowest BCUT2D eigenvalue weighted by Crippen LogP contribution is -1.92. The van der Waals surface area contributed by atoms with E-state index in [2.05, 4.69) is 25.9 Å². The molecular weight excluding hydrogens is 307 g/mol. The summed E-state index contributed by atoms with van der Waals surface area (Å²) in [5, 5.41) is 0.304. The summed E-state index contributed by atoms with van der Waals surface area (Å²) in [6, 6.07) is 7.20. The Kier molecular flexibility index (Phi) is 3.81. The zero-order chi connectivity index (χ0) is 12.3. The summed E-state index contributed by atoms with van der Waals surface area (Å²) in [5.41, 5.74) is 0. The molecule has 0 aliphatic carbocycles. The van der Waals surface area contributed by atoms with E-state index in [4.69, 9.17) is 21.1 Å². The first-order valence-corrected chi connectivity index (χ1v) is 5.85. The zero-order valence-electron chi connectivity index (χ0n) is 8.85. The SMILES string of the molecule is COc1cccc(Oc2ncnc(Cl)c2Br)c1. The smallest absolute Gasteiger partial charge is 0.238 e. The first-order chi connectivity index (χ1) is 8.20. The molecule has 0 N–H and O–H groups in total. The van der Waals surface area contributed by atoms with Crippen LogP contribution < -0.4 is 9.47 Å². The lowest BCUT2D eigenvalue weighted by molar-refractivity contribution is 0.407. The van der Waals surface area contributed by atoms with E-state index in [-0.39, 0.29) is 0 Å². The van der Waals surface area contributed by atoms with Gasteiger partial charge in [0.15, 0.2) is 5.15 Å². The Morgan fingerprint density at radius 2 is 2.00 bits per heavy atom. The molecule has 2 aromatic rings. The van der Waals surface area contributed by atoms with Crippen molar-refractivity contribution in [2.45, 2.75) is 0 Å². The fourth-order valence-electron chi connectivity index (χ4n) is 1.18. The van der Waals surface area contributed by atoms with E-state index in [0.717, 1.165) is 0 Å². The molecule has 0 unspecified atom stereocenters. The molecule has 0 aliphatic heterocycles. The summed E-state index contributed by atoms with van der Waals surface area (Å²) < 4.78 is 11.2. The maximum atomic E-state index is 5.84. The van der Waals surface area contributed by atoms with Gasteiger partial charge in [0.1, 0.15) is 22.3 Å². The van der Waals surface area contributed by atoms with E-state index in [9.17, 15) is 0 Å². The molecule has 1 aromatic heterocycles. The van der Waals surface area contributed by atoms with Crippen LogP contribution in [0.25, 0.3) is 0 Å². The molecule has 0 radical (unpaired) electrons. The monoisotopic (exact) mass is 314 g/mol. The number of benzene rings is 1. The predicted octanol–water partition coefficient (Wildman–Crippen LogP) is 3.69. The number of rotatable bonds is 3. The molecule has 88 valence electrons. The van der Waals surface area contributed by atoms with Crippen molar-refractivity contribution in [1.29, 1.82) is 0 Å². The van der Waals surface area contributed by atoms with E-state index in [1.54, 1.807) is 19.2 Å². The van der Waals surface area contributed by atoms with E-state index in [1.807, 2.05) is 12.1 Å². The van der Waals surface area contributed by atoms with E-state index >= 15 is 0 Å². The van der Waals surface area contributed by atoms with E-state index in [0.29, 0.717) is 27.0 Å². The van der Waals surface area contributed by atoms with Crippen LogP contribution in [0.3, 0.4) is 0 Å². The minimum Gasteiger partial charge on any atom is -0.497 e. The first kappa shape index (κ1) is 12.1. The molecular formula is C11H8BrClN2O2. The van der Waals surface area contributed by atoms with Gasteiger partial charge in [-0.05, 0) is 28.1 Å². The predicted molar refractivity (Wildman–Crippen MR) is 67.8 cm³/mol. The second kappa shape index (κ2) is 5.33. The first-order valence-electron chi connectivity index (χ1n) is 4.68. The van der Waals surface area contributed by atoms with Gasteiger partial charge in [-0.15, -0.1) is 0 Å². The molecule has 0 saturated heterocycles. The Labute approximate surface area is 112 Å². The minimum atomic E-state index is 0.304. The second-order valence-electron chi connectivity index (χ2n) is 3.06. The van der Waals surface area contributed by atoms with Crippen LogP contribution >= 0.6 is 27.5 Å². The highest BCUT2D eigenvalue weighted by atomic mass is 79.9. The minimum absolute atomic E-state index is 0.304. The molecule has 0 aliphatic rings. The number of aromatic nitrogens is 2. The Bertz CT molecular complexity index is 537. The van der Waals surface area contributed by atoms with Gasteiger partial charge in [0.2, 0.25) is 5.88 Å². The Hall–Kier alpha value is -1.33. The highest BCUT2D eigenvalue weighted by molar-refractivity contribution is 9.10. The van der Waals surface area contributed by atoms with Crippen LogP contribution in [0, 0.1) is 0 Å². The maximum Gasteiger partial charge on any atom is 0.238 e. The van der Waals surface area contributed by atoms with Gasteiger partial charge in [-0.2, -0.15) is 0 Å². The fourth-order valence-corrected chi connectivity index (χ4v) is 1.59. The average Bonchev–Trinajstić information content (AvgIpc) is 2.35.